The Morgan fingerprint density at radius 2 is 1.00 bits per heavy atom. The van der Waals surface area contributed by atoms with Gasteiger partial charge in [-0.05, 0) is 88.8 Å². The molecule has 0 unspecified atom stereocenters. The van der Waals surface area contributed by atoms with E-state index in [0.717, 1.165) is 63.5 Å². The summed E-state index contributed by atoms with van der Waals surface area (Å²) in [6, 6.07) is 16.5. The van der Waals surface area contributed by atoms with E-state index in [2.05, 4.69) is 48.7 Å². The van der Waals surface area contributed by atoms with Gasteiger partial charge >= 0.3 is 0 Å². The number of carbonyl (C=O) groups excluding carboxylic acids is 2. The zero-order valence-corrected chi connectivity index (χ0v) is 31.3. The molecule has 0 saturated heterocycles. The molecule has 0 atom stereocenters. The lowest BCUT2D eigenvalue weighted by atomic mass is 10.0. The molecular formula is C39H66N4O4. The minimum atomic E-state index is -0.545. The molecule has 0 bridgehead atoms. The van der Waals surface area contributed by atoms with Crippen molar-refractivity contribution in [2.24, 2.45) is 0 Å². The van der Waals surface area contributed by atoms with Crippen LogP contribution in [0.25, 0.3) is 0 Å². The van der Waals surface area contributed by atoms with Crippen LogP contribution in [0.3, 0.4) is 0 Å². The number of nitrogens with one attached hydrogen (secondary N) is 2. The summed E-state index contributed by atoms with van der Waals surface area (Å²) in [5, 5.41) is 6.68. The van der Waals surface area contributed by atoms with Gasteiger partial charge in [-0.1, -0.05) is 70.2 Å². The number of hydrogen-bond donors (Lipinski definition) is 2. The first-order chi connectivity index (χ1) is 22.2. The van der Waals surface area contributed by atoms with Gasteiger partial charge in [0.2, 0.25) is 11.8 Å². The molecular weight excluding hydrogens is 588 g/mol. The van der Waals surface area contributed by atoms with Gasteiger partial charge in [-0.3, -0.25) is 9.59 Å². The fourth-order valence-electron chi connectivity index (χ4n) is 5.15. The minimum absolute atomic E-state index is 0.0884. The molecule has 266 valence electrons. The maximum atomic E-state index is 12.1. The Morgan fingerprint density at radius 3 is 1.38 bits per heavy atom. The molecule has 0 fully saturated rings. The average molecular weight is 655 g/mol. The Balaban J connectivity index is 0.000000470. The third kappa shape index (κ3) is 17.6. The Kier molecular flexibility index (Phi) is 20.0. The highest BCUT2D eigenvalue weighted by atomic mass is 16.5. The van der Waals surface area contributed by atoms with Crippen LogP contribution in [-0.4, -0.2) is 87.2 Å². The molecule has 8 heteroatoms. The van der Waals surface area contributed by atoms with E-state index >= 15 is 0 Å². The van der Waals surface area contributed by atoms with Gasteiger partial charge in [0.25, 0.3) is 0 Å². The van der Waals surface area contributed by atoms with Gasteiger partial charge in [-0.15, -0.1) is 0 Å². The fraction of sp³-hybridized carbons (Fsp3) is 0.641. The number of likely N-dealkylation sites (N-methyl/N-ethyl adjacent to an activating group) is 2. The van der Waals surface area contributed by atoms with Crippen LogP contribution in [0, 0.1) is 0 Å². The van der Waals surface area contributed by atoms with Crippen molar-refractivity contribution in [3.05, 3.63) is 59.7 Å². The third-order valence-electron chi connectivity index (χ3n) is 7.92. The Hall–Kier alpha value is -3.10. The largest absolute Gasteiger partial charge is 0.494 e. The topological polar surface area (TPSA) is 83.1 Å². The molecule has 0 spiro atoms. The molecule has 0 aliphatic heterocycles. The zero-order chi connectivity index (χ0) is 35.3. The summed E-state index contributed by atoms with van der Waals surface area (Å²) in [4.78, 5) is 27.4. The highest BCUT2D eigenvalue weighted by Crippen LogP contribution is 2.16. The predicted octanol–water partition coefficient (Wildman–Crippen LogP) is 6.90. The van der Waals surface area contributed by atoms with Crippen LogP contribution in [0.4, 0.5) is 0 Å². The van der Waals surface area contributed by atoms with Crippen LogP contribution in [0.5, 0.6) is 11.5 Å². The van der Waals surface area contributed by atoms with Crippen molar-refractivity contribution >= 4 is 11.8 Å². The number of nitrogens with zero attached hydrogens (tertiary/aromatic N) is 2. The first-order valence-corrected chi connectivity index (χ1v) is 17.6. The summed E-state index contributed by atoms with van der Waals surface area (Å²) in [7, 11) is 7.14. The van der Waals surface area contributed by atoms with Crippen LogP contribution in [0.15, 0.2) is 48.5 Å². The number of rotatable bonds is 21. The van der Waals surface area contributed by atoms with Crippen LogP contribution >= 0.6 is 0 Å². The second-order valence-electron chi connectivity index (χ2n) is 13.8. The SMILES string of the molecule is CCCCCCOc1cccc(CCNC(C)(C)C(=O)N(C)C)c1.CCCCCOc1cccc(CCNC(C)(C)C(=O)N(C)C)c1. The lowest BCUT2D eigenvalue weighted by molar-refractivity contribution is -0.135. The average Bonchev–Trinajstić information content (AvgIpc) is 3.02. The van der Waals surface area contributed by atoms with Crippen molar-refractivity contribution in [2.75, 3.05) is 54.5 Å². The molecule has 47 heavy (non-hydrogen) atoms. The highest BCUT2D eigenvalue weighted by Gasteiger charge is 2.28. The van der Waals surface area contributed by atoms with Gasteiger partial charge in [0.1, 0.15) is 11.5 Å². The fourth-order valence-corrected chi connectivity index (χ4v) is 5.15. The van der Waals surface area contributed by atoms with E-state index in [9.17, 15) is 9.59 Å². The molecule has 2 amide bonds. The molecule has 0 saturated carbocycles. The van der Waals surface area contributed by atoms with E-state index in [1.165, 1.54) is 43.2 Å². The number of ether oxygens (including phenoxy) is 2. The molecule has 2 N–H and O–H groups in total. The third-order valence-corrected chi connectivity index (χ3v) is 7.92. The van der Waals surface area contributed by atoms with E-state index in [0.29, 0.717) is 0 Å². The van der Waals surface area contributed by atoms with Crippen LogP contribution in [0.1, 0.15) is 97.6 Å². The maximum Gasteiger partial charge on any atom is 0.241 e. The number of hydrogen-bond acceptors (Lipinski definition) is 6. The predicted molar refractivity (Wildman–Crippen MR) is 197 cm³/mol. The molecule has 0 radical (unpaired) electrons. The first kappa shape index (κ1) is 41.9. The van der Waals surface area contributed by atoms with Crippen molar-refractivity contribution in [3.63, 3.8) is 0 Å². The monoisotopic (exact) mass is 655 g/mol. The Labute approximate surface area is 287 Å². The molecule has 0 aromatic heterocycles. The first-order valence-electron chi connectivity index (χ1n) is 17.6. The molecule has 0 heterocycles. The summed E-state index contributed by atoms with van der Waals surface area (Å²) in [5.74, 6) is 2.05. The number of unbranched alkanes of at least 4 members (excludes halogenated alkanes) is 5. The quantitative estimate of drug-likeness (QED) is 0.143. The van der Waals surface area contributed by atoms with Crippen molar-refractivity contribution in [1.29, 1.82) is 0 Å². The summed E-state index contributed by atoms with van der Waals surface area (Å²) in [6.07, 6.45) is 10.1. The molecule has 0 aliphatic carbocycles. The zero-order valence-electron chi connectivity index (χ0n) is 31.3. The molecule has 2 aromatic rings. The summed E-state index contributed by atoms with van der Waals surface area (Å²) < 4.78 is 11.6. The van der Waals surface area contributed by atoms with Crippen LogP contribution in [-0.2, 0) is 22.4 Å². The molecule has 2 rings (SSSR count). The van der Waals surface area contributed by atoms with E-state index in [4.69, 9.17) is 9.47 Å². The van der Waals surface area contributed by atoms with Crippen LogP contribution in [0.2, 0.25) is 0 Å². The molecule has 2 aromatic carbocycles. The van der Waals surface area contributed by atoms with Gasteiger partial charge < -0.3 is 29.9 Å². The van der Waals surface area contributed by atoms with E-state index < -0.39 is 11.1 Å². The standard InChI is InChI=1S/C20H34N2O2.C19H32N2O2/c1-6-7-8-9-15-24-18-12-10-11-17(16-18)13-14-21-20(2,3)19(23)22(4)5;1-6-7-8-14-23-17-11-9-10-16(15-17)12-13-20-19(2,3)18(22)21(4)5/h10-12,16,21H,6-9,13-15H2,1-5H3;9-11,15,20H,6-8,12-14H2,1-5H3. The number of carbonyl (C=O) groups is 2. The van der Waals surface area contributed by atoms with Crippen molar-refractivity contribution in [2.45, 2.75) is 110 Å². The summed E-state index contributed by atoms with van der Waals surface area (Å²) >= 11 is 0. The second kappa shape index (κ2) is 22.5. The Bertz CT molecular complexity index is 1160. The van der Waals surface area contributed by atoms with Crippen molar-refractivity contribution in [3.8, 4) is 11.5 Å². The van der Waals surface area contributed by atoms with Crippen molar-refractivity contribution < 1.29 is 19.1 Å². The van der Waals surface area contributed by atoms with E-state index in [-0.39, 0.29) is 11.8 Å². The molecule has 0 aliphatic rings. The molecule has 8 nitrogen and oxygen atoms in total. The van der Waals surface area contributed by atoms with Gasteiger partial charge in [-0.25, -0.2) is 0 Å². The van der Waals surface area contributed by atoms with Gasteiger partial charge in [0.05, 0.1) is 24.3 Å². The normalized spacial score (nSPS) is 11.4. The van der Waals surface area contributed by atoms with Gasteiger partial charge in [0.15, 0.2) is 0 Å². The maximum absolute atomic E-state index is 12.1. The minimum Gasteiger partial charge on any atom is -0.494 e. The Morgan fingerprint density at radius 1 is 0.617 bits per heavy atom. The van der Waals surface area contributed by atoms with E-state index in [1.807, 2.05) is 52.0 Å². The van der Waals surface area contributed by atoms with Gasteiger partial charge in [0, 0.05) is 41.3 Å². The summed E-state index contributed by atoms with van der Waals surface area (Å²) in [5.41, 5.74) is 1.36. The van der Waals surface area contributed by atoms with E-state index in [1.54, 1.807) is 38.0 Å². The number of amides is 2. The lowest BCUT2D eigenvalue weighted by Gasteiger charge is -2.28. The van der Waals surface area contributed by atoms with Gasteiger partial charge in [-0.2, -0.15) is 0 Å². The van der Waals surface area contributed by atoms with Crippen LogP contribution < -0.4 is 20.1 Å². The lowest BCUT2D eigenvalue weighted by Crippen LogP contribution is -2.52. The van der Waals surface area contributed by atoms with Crippen molar-refractivity contribution in [1.82, 2.24) is 20.4 Å². The highest BCUT2D eigenvalue weighted by molar-refractivity contribution is 5.85. The smallest absolute Gasteiger partial charge is 0.241 e. The second-order valence-corrected chi connectivity index (χ2v) is 13.8. The number of benzene rings is 2. The summed E-state index contributed by atoms with van der Waals surface area (Å²) in [6.45, 7) is 15.2.